The number of ether oxygens (including phenoxy) is 1. The minimum Gasteiger partial charge on any atom is -0.382 e. The summed E-state index contributed by atoms with van der Waals surface area (Å²) >= 11 is 5.80. The van der Waals surface area contributed by atoms with E-state index in [1.54, 1.807) is 17.5 Å². The molecule has 0 spiro atoms. The number of nitrogens with zero attached hydrogens (tertiary/aromatic N) is 6. The van der Waals surface area contributed by atoms with Crippen LogP contribution in [0, 0.1) is 0 Å². The van der Waals surface area contributed by atoms with Crippen LogP contribution in [0.2, 0.25) is 0 Å². The summed E-state index contributed by atoms with van der Waals surface area (Å²) in [7, 11) is 0. The summed E-state index contributed by atoms with van der Waals surface area (Å²) < 4.78 is 7.48. The van der Waals surface area contributed by atoms with Crippen molar-refractivity contribution >= 4 is 40.9 Å². The number of aromatic nitrogens is 5. The summed E-state index contributed by atoms with van der Waals surface area (Å²) in [5.41, 5.74) is 7.34. The lowest BCUT2D eigenvalue weighted by molar-refractivity contribution is 0.0370. The van der Waals surface area contributed by atoms with Crippen LogP contribution in [0.25, 0.3) is 22.0 Å². The molecule has 0 aliphatic carbocycles. The molecule has 0 unspecified atom stereocenters. The van der Waals surface area contributed by atoms with Crippen molar-refractivity contribution in [2.75, 3.05) is 38.6 Å². The third-order valence-electron chi connectivity index (χ3n) is 4.19. The van der Waals surface area contributed by atoms with Crippen LogP contribution < -0.4 is 5.73 Å². The molecule has 1 aliphatic rings. The average molecular weight is 377 g/mol. The lowest BCUT2D eigenvalue weighted by atomic mass is 10.3. The Morgan fingerprint density at radius 1 is 1.20 bits per heavy atom. The van der Waals surface area contributed by atoms with Crippen LogP contribution in [-0.4, -0.2) is 62.3 Å². The second-order valence-electron chi connectivity index (χ2n) is 5.81. The van der Waals surface area contributed by atoms with Crippen LogP contribution >= 0.6 is 24.0 Å². The summed E-state index contributed by atoms with van der Waals surface area (Å²) in [6.45, 7) is 5.39. The minimum absolute atomic E-state index is 0.347. The molecule has 4 heterocycles. The number of nitrogens with two attached hydrogens (primary N) is 1. The van der Waals surface area contributed by atoms with E-state index >= 15 is 0 Å². The van der Waals surface area contributed by atoms with Gasteiger partial charge < -0.3 is 15.0 Å². The molecule has 1 fully saturated rings. The molecule has 0 saturated carbocycles. The van der Waals surface area contributed by atoms with Crippen LogP contribution in [0.5, 0.6) is 0 Å². The summed E-state index contributed by atoms with van der Waals surface area (Å²) in [5, 5.41) is 3.14. The quantitative estimate of drug-likeness (QED) is 0.514. The lowest BCUT2D eigenvalue weighted by Gasteiger charge is -2.26. The van der Waals surface area contributed by atoms with E-state index in [2.05, 4.69) is 42.0 Å². The van der Waals surface area contributed by atoms with Crippen LogP contribution in [0.3, 0.4) is 0 Å². The first-order valence-electron chi connectivity index (χ1n) is 8.15. The van der Waals surface area contributed by atoms with Crippen molar-refractivity contribution in [2.45, 2.75) is 18.1 Å². The predicted molar refractivity (Wildman–Crippen MR) is 100.0 cm³/mol. The zero-order valence-electron chi connectivity index (χ0n) is 13.6. The first-order valence-corrected chi connectivity index (χ1v) is 9.48. The summed E-state index contributed by atoms with van der Waals surface area (Å²) in [4.78, 5) is 20.0. The number of rotatable bonds is 5. The number of anilines is 1. The van der Waals surface area contributed by atoms with Crippen molar-refractivity contribution in [3.8, 4) is 10.8 Å². The fraction of sp³-hybridized carbons (Fsp3) is 0.467. The third kappa shape index (κ3) is 3.47. The second kappa shape index (κ2) is 7.24. The molecule has 8 nitrogen and oxygen atoms in total. The van der Waals surface area contributed by atoms with Gasteiger partial charge in [-0.2, -0.15) is 0 Å². The van der Waals surface area contributed by atoms with E-state index in [-0.39, 0.29) is 0 Å². The molecule has 0 amide bonds. The number of imidazole rings is 1. The number of morpholine rings is 1. The van der Waals surface area contributed by atoms with Gasteiger partial charge in [0.05, 0.1) is 13.2 Å². The third-order valence-corrected chi connectivity index (χ3v) is 5.16. The Hall–Kier alpha value is -1.75. The number of nitrogen functional groups attached to an aromatic ring is 1. The Morgan fingerprint density at radius 3 is 2.80 bits per heavy atom. The van der Waals surface area contributed by atoms with Gasteiger partial charge in [-0.3, -0.25) is 4.90 Å². The fourth-order valence-electron chi connectivity index (χ4n) is 3.00. The topological polar surface area (TPSA) is 95.0 Å². The van der Waals surface area contributed by atoms with E-state index < -0.39 is 0 Å². The van der Waals surface area contributed by atoms with Gasteiger partial charge in [-0.1, -0.05) is 0 Å². The monoisotopic (exact) mass is 377 g/mol. The molecule has 3 aromatic heterocycles. The summed E-state index contributed by atoms with van der Waals surface area (Å²) in [6, 6.07) is 0. The summed E-state index contributed by atoms with van der Waals surface area (Å²) in [6.07, 6.45) is 2.76. The SMILES string of the molecule is Nc1nc(S)nc2c1nc(-c1nccs1)n2CCCN1CCOCC1. The van der Waals surface area contributed by atoms with Gasteiger partial charge in [0, 0.05) is 37.8 Å². The molecule has 0 radical (unpaired) electrons. The minimum atomic E-state index is 0.347. The van der Waals surface area contributed by atoms with Gasteiger partial charge in [0.15, 0.2) is 33.0 Å². The van der Waals surface area contributed by atoms with Crippen LogP contribution in [0.15, 0.2) is 16.7 Å². The zero-order chi connectivity index (χ0) is 17.2. The molecule has 0 atom stereocenters. The zero-order valence-corrected chi connectivity index (χ0v) is 15.3. The van der Waals surface area contributed by atoms with E-state index in [0.29, 0.717) is 22.1 Å². The molecule has 3 aromatic rings. The molecular weight excluding hydrogens is 358 g/mol. The largest absolute Gasteiger partial charge is 0.382 e. The van der Waals surface area contributed by atoms with Crippen LogP contribution in [0.4, 0.5) is 5.82 Å². The molecule has 0 aromatic carbocycles. The van der Waals surface area contributed by atoms with Crippen LogP contribution in [-0.2, 0) is 11.3 Å². The molecule has 10 heteroatoms. The molecule has 132 valence electrons. The van der Waals surface area contributed by atoms with E-state index in [9.17, 15) is 0 Å². The number of thiol groups is 1. The summed E-state index contributed by atoms with van der Waals surface area (Å²) in [5.74, 6) is 1.13. The Morgan fingerprint density at radius 2 is 2.04 bits per heavy atom. The van der Waals surface area contributed by atoms with Crippen molar-refractivity contribution in [3.05, 3.63) is 11.6 Å². The van der Waals surface area contributed by atoms with Gasteiger partial charge in [0.2, 0.25) is 0 Å². The van der Waals surface area contributed by atoms with Crippen molar-refractivity contribution in [1.29, 1.82) is 0 Å². The van der Waals surface area contributed by atoms with Crippen molar-refractivity contribution in [2.24, 2.45) is 0 Å². The first-order chi connectivity index (χ1) is 12.2. The lowest BCUT2D eigenvalue weighted by Crippen LogP contribution is -2.37. The van der Waals surface area contributed by atoms with Gasteiger partial charge in [-0.05, 0) is 6.42 Å². The van der Waals surface area contributed by atoms with Gasteiger partial charge in [-0.25, -0.2) is 19.9 Å². The maximum Gasteiger partial charge on any atom is 0.188 e. The molecule has 1 saturated heterocycles. The van der Waals surface area contributed by atoms with Crippen molar-refractivity contribution in [1.82, 2.24) is 29.4 Å². The average Bonchev–Trinajstić information content (AvgIpc) is 3.24. The first kappa shape index (κ1) is 16.7. The normalized spacial score (nSPS) is 15.9. The Labute approximate surface area is 154 Å². The van der Waals surface area contributed by atoms with Crippen molar-refractivity contribution in [3.63, 3.8) is 0 Å². The van der Waals surface area contributed by atoms with Gasteiger partial charge in [0.1, 0.15) is 0 Å². The number of hydrogen-bond donors (Lipinski definition) is 2. The highest BCUT2D eigenvalue weighted by Crippen LogP contribution is 2.28. The molecule has 2 N–H and O–H groups in total. The maximum atomic E-state index is 6.02. The second-order valence-corrected chi connectivity index (χ2v) is 7.11. The number of hydrogen-bond acceptors (Lipinski definition) is 9. The molecular formula is C15H19N7OS2. The maximum absolute atomic E-state index is 6.02. The van der Waals surface area contributed by atoms with E-state index in [0.717, 1.165) is 56.6 Å². The van der Waals surface area contributed by atoms with Crippen LogP contribution in [0.1, 0.15) is 6.42 Å². The van der Waals surface area contributed by atoms with E-state index in [1.807, 2.05) is 5.38 Å². The van der Waals surface area contributed by atoms with Gasteiger partial charge >= 0.3 is 0 Å². The molecule has 25 heavy (non-hydrogen) atoms. The van der Waals surface area contributed by atoms with E-state index in [1.165, 1.54) is 0 Å². The fourth-order valence-corrected chi connectivity index (χ4v) is 3.83. The Kier molecular flexibility index (Phi) is 4.84. The highest BCUT2D eigenvalue weighted by molar-refractivity contribution is 7.80. The number of aryl methyl sites for hydroxylation is 1. The van der Waals surface area contributed by atoms with Crippen molar-refractivity contribution < 1.29 is 4.74 Å². The number of thiazole rings is 1. The standard InChI is InChI=1S/C15H19N7OS2/c16-11-10-12(20-15(24)19-11)22(13(18-10)14-17-2-9-25-14)4-1-3-21-5-7-23-8-6-21/h2,9H,1,3-8H2,(H3,16,19,20,24). The highest BCUT2D eigenvalue weighted by atomic mass is 32.1. The predicted octanol–water partition coefficient (Wildman–Crippen LogP) is 1.54. The smallest absolute Gasteiger partial charge is 0.188 e. The highest BCUT2D eigenvalue weighted by Gasteiger charge is 2.19. The molecule has 0 bridgehead atoms. The Balaban J connectivity index is 1.64. The Bertz CT molecular complexity index is 859. The molecule has 4 rings (SSSR count). The van der Waals surface area contributed by atoms with Gasteiger partial charge in [-0.15, -0.1) is 24.0 Å². The molecule has 1 aliphatic heterocycles. The number of fused-ring (bicyclic) bond motifs is 1. The van der Waals surface area contributed by atoms with E-state index in [4.69, 9.17) is 10.5 Å². The van der Waals surface area contributed by atoms with Gasteiger partial charge in [0.25, 0.3) is 0 Å².